The van der Waals surface area contributed by atoms with Crippen molar-refractivity contribution in [3.63, 3.8) is 0 Å². The van der Waals surface area contributed by atoms with Crippen LogP contribution in [0.5, 0.6) is 0 Å². The molecule has 0 aliphatic heterocycles. The molecule has 0 saturated heterocycles. The summed E-state index contributed by atoms with van der Waals surface area (Å²) in [6.07, 6.45) is 4.31. The second kappa shape index (κ2) is 10.5. The van der Waals surface area contributed by atoms with Gasteiger partial charge in [-0.15, -0.1) is 21.3 Å². The van der Waals surface area contributed by atoms with Gasteiger partial charge < -0.3 is 13.3 Å². The van der Waals surface area contributed by atoms with E-state index in [0.29, 0.717) is 0 Å². The summed E-state index contributed by atoms with van der Waals surface area (Å²) in [5, 5.41) is 1.00. The minimum Gasteiger partial charge on any atom is -0.346 e. The summed E-state index contributed by atoms with van der Waals surface area (Å²) in [5.74, 6) is 0. The third-order valence-corrected chi connectivity index (χ3v) is 0.975. The first-order chi connectivity index (χ1) is 2.91. The van der Waals surface area contributed by atoms with Crippen LogP contribution in [0.25, 0.3) is 0 Å². The number of hydrogen-bond donors (Lipinski definition) is 0. The summed E-state index contributed by atoms with van der Waals surface area (Å²) in [7, 11) is 0. The Hall–Kier alpha value is 1.58. The van der Waals surface area contributed by atoms with Gasteiger partial charge in [0.15, 0.2) is 0 Å². The van der Waals surface area contributed by atoms with Gasteiger partial charge in [0.2, 0.25) is 0 Å². The van der Waals surface area contributed by atoms with Crippen LogP contribution in [-0.4, -0.2) is 5.33 Å². The molecular formula is C5H9BrY-2. The van der Waals surface area contributed by atoms with Crippen LogP contribution >= 0.6 is 15.9 Å². The largest absolute Gasteiger partial charge is 0.346 e. The van der Waals surface area contributed by atoms with Gasteiger partial charge in [-0.05, 0) is 0 Å². The van der Waals surface area contributed by atoms with Crippen LogP contribution in [0.15, 0.2) is 0 Å². The van der Waals surface area contributed by atoms with Gasteiger partial charge in [0.05, 0.1) is 0 Å². The molecule has 0 nitrogen and oxygen atoms in total. The van der Waals surface area contributed by atoms with E-state index in [1.54, 1.807) is 0 Å². The minimum absolute atomic E-state index is 0. The zero-order chi connectivity index (χ0) is 4.83. The number of halogens is 1. The normalized spacial score (nSPS) is 7.71. The van der Waals surface area contributed by atoms with Gasteiger partial charge >= 0.3 is 0 Å². The number of unbranched alkanes of at least 4 members (excludes halogenated alkanes) is 2. The molecule has 0 fully saturated rings. The predicted molar refractivity (Wildman–Crippen MR) is 32.7 cm³/mol. The first-order valence-corrected chi connectivity index (χ1v) is 3.21. The Kier molecular flexibility index (Phi) is 17.2. The molecule has 0 bridgehead atoms. The van der Waals surface area contributed by atoms with Crippen molar-refractivity contribution >= 4 is 15.9 Å². The van der Waals surface area contributed by atoms with Crippen molar-refractivity contribution in [2.75, 3.05) is 5.33 Å². The quantitative estimate of drug-likeness (QED) is 0.401. The van der Waals surface area contributed by atoms with Crippen LogP contribution in [0.4, 0.5) is 0 Å². The third kappa shape index (κ3) is 11.3. The molecule has 1 radical (unpaired) electrons. The van der Waals surface area contributed by atoms with E-state index in [-0.39, 0.29) is 32.7 Å². The third-order valence-electron chi connectivity index (χ3n) is 0.517. The van der Waals surface area contributed by atoms with E-state index < -0.39 is 0 Å². The molecule has 0 rings (SSSR count). The van der Waals surface area contributed by atoms with Crippen LogP contribution < -0.4 is 0 Å². The fourth-order valence-electron chi connectivity index (χ4n) is 0.221. The number of hydrogen-bond acceptors (Lipinski definition) is 0. The van der Waals surface area contributed by atoms with Crippen LogP contribution in [-0.2, 0) is 32.7 Å². The molecule has 0 aliphatic carbocycles. The van der Waals surface area contributed by atoms with Gasteiger partial charge in [-0.1, -0.05) is 0 Å². The molecule has 0 aliphatic rings. The first kappa shape index (κ1) is 11.4. The van der Waals surface area contributed by atoms with Gasteiger partial charge in [-0.2, -0.15) is 0 Å². The van der Waals surface area contributed by atoms with Crippen LogP contribution in [0.2, 0.25) is 0 Å². The topological polar surface area (TPSA) is 0 Å². The van der Waals surface area contributed by atoms with Gasteiger partial charge in [-0.3, -0.25) is 0 Å². The molecule has 41 valence electrons. The summed E-state index contributed by atoms with van der Waals surface area (Å²) >= 11 is 3.27. The molecular weight excluding hydrogens is 229 g/mol. The molecule has 0 aromatic carbocycles. The van der Waals surface area contributed by atoms with Crippen molar-refractivity contribution in [2.45, 2.75) is 12.8 Å². The van der Waals surface area contributed by atoms with E-state index in [9.17, 15) is 0 Å². The average Bonchev–Trinajstić information content (AvgIpc) is 1.61. The Labute approximate surface area is 79.5 Å². The van der Waals surface area contributed by atoms with Gasteiger partial charge in [0, 0.05) is 32.7 Å². The number of rotatable bonds is 3. The monoisotopic (exact) mass is 237 g/mol. The van der Waals surface area contributed by atoms with Gasteiger partial charge in [0.25, 0.3) is 0 Å². The second-order valence-corrected chi connectivity index (χ2v) is 1.73. The van der Waals surface area contributed by atoms with Crippen molar-refractivity contribution in [1.29, 1.82) is 0 Å². The second-order valence-electron chi connectivity index (χ2n) is 1.09. The molecule has 0 atom stereocenters. The van der Waals surface area contributed by atoms with Crippen LogP contribution in [0, 0.1) is 13.3 Å². The molecule has 0 aromatic heterocycles. The number of alkyl halides is 1. The van der Waals surface area contributed by atoms with Crippen molar-refractivity contribution in [3.8, 4) is 0 Å². The molecule has 0 spiro atoms. The summed E-state index contributed by atoms with van der Waals surface area (Å²) in [5.41, 5.74) is 0. The van der Waals surface area contributed by atoms with Crippen molar-refractivity contribution in [1.82, 2.24) is 0 Å². The van der Waals surface area contributed by atoms with Crippen molar-refractivity contribution in [2.24, 2.45) is 0 Å². The maximum absolute atomic E-state index is 3.67. The van der Waals surface area contributed by atoms with Gasteiger partial charge in [-0.25, -0.2) is 12.8 Å². The summed E-state index contributed by atoms with van der Waals surface area (Å²) in [6.45, 7) is 3.67. The maximum atomic E-state index is 3.67. The SMILES string of the molecule is [CH2-]CC[CH-]CBr.[Y]. The summed E-state index contributed by atoms with van der Waals surface area (Å²) in [4.78, 5) is 0. The van der Waals surface area contributed by atoms with E-state index in [1.807, 2.05) is 0 Å². The maximum Gasteiger partial charge on any atom is 0 e. The molecule has 2 heteroatoms. The fraction of sp³-hybridized carbons (Fsp3) is 0.600. The molecule has 0 N–H and O–H groups in total. The standard InChI is InChI=1S/C5H9Br.Y/c1-2-3-4-5-6;/h4H,1-3,5H2;/q-2;. The smallest absolute Gasteiger partial charge is 0 e. The Balaban J connectivity index is 0. The van der Waals surface area contributed by atoms with E-state index in [4.69, 9.17) is 0 Å². The fourth-order valence-corrected chi connectivity index (χ4v) is 0.545. The van der Waals surface area contributed by atoms with Crippen LogP contribution in [0.3, 0.4) is 0 Å². The molecule has 0 amide bonds. The average molecular weight is 238 g/mol. The summed E-state index contributed by atoms with van der Waals surface area (Å²) < 4.78 is 0. The van der Waals surface area contributed by atoms with Crippen LogP contribution in [0.1, 0.15) is 12.8 Å². The molecule has 0 unspecified atom stereocenters. The Morgan fingerprint density at radius 1 is 1.57 bits per heavy atom. The van der Waals surface area contributed by atoms with E-state index in [1.165, 1.54) is 0 Å². The van der Waals surface area contributed by atoms with E-state index in [0.717, 1.165) is 18.2 Å². The Morgan fingerprint density at radius 2 is 2.14 bits per heavy atom. The minimum atomic E-state index is 0. The Bertz CT molecular complexity index is 20.0. The zero-order valence-electron chi connectivity index (χ0n) is 4.36. The molecule has 0 saturated carbocycles. The Morgan fingerprint density at radius 3 is 2.29 bits per heavy atom. The van der Waals surface area contributed by atoms with E-state index in [2.05, 4.69) is 29.3 Å². The zero-order valence-corrected chi connectivity index (χ0v) is 8.79. The molecule has 0 aromatic rings. The van der Waals surface area contributed by atoms with Crippen molar-refractivity contribution < 1.29 is 32.7 Å². The molecule has 7 heavy (non-hydrogen) atoms. The van der Waals surface area contributed by atoms with Gasteiger partial charge in [0.1, 0.15) is 0 Å². The summed E-state index contributed by atoms with van der Waals surface area (Å²) in [6, 6.07) is 0. The molecule has 0 heterocycles. The van der Waals surface area contributed by atoms with Crippen molar-refractivity contribution in [3.05, 3.63) is 13.3 Å². The first-order valence-electron chi connectivity index (χ1n) is 2.08. The van der Waals surface area contributed by atoms with E-state index >= 15 is 0 Å². The predicted octanol–water partition coefficient (Wildman–Crippen LogP) is 2.20.